The van der Waals surface area contributed by atoms with E-state index >= 15 is 0 Å². The van der Waals surface area contributed by atoms with E-state index in [4.69, 9.17) is 14.7 Å². The molecule has 0 aliphatic heterocycles. The summed E-state index contributed by atoms with van der Waals surface area (Å²) in [6, 6.07) is 6.50. The molecule has 0 radical (unpaired) electrons. The number of rotatable bonds is 5. The van der Waals surface area contributed by atoms with Gasteiger partial charge >= 0.3 is 0 Å². The fourth-order valence-electron chi connectivity index (χ4n) is 1.37. The third kappa shape index (κ3) is 4.82. The maximum absolute atomic E-state index is 13.6. The minimum atomic E-state index is -0.503. The van der Waals surface area contributed by atoms with Gasteiger partial charge in [0.2, 0.25) is 0 Å². The first-order valence-corrected chi connectivity index (χ1v) is 5.83. The molecule has 0 bridgehead atoms. The first kappa shape index (κ1) is 14.6. The molecule has 18 heavy (non-hydrogen) atoms. The lowest BCUT2D eigenvalue weighted by Crippen LogP contribution is -2.21. The summed E-state index contributed by atoms with van der Waals surface area (Å²) in [5.41, 5.74) is 0.238. The summed E-state index contributed by atoms with van der Waals surface area (Å²) < 4.78 is 24.4. The van der Waals surface area contributed by atoms with Crippen molar-refractivity contribution in [1.82, 2.24) is 0 Å². The Kier molecular flexibility index (Phi) is 5.26. The van der Waals surface area contributed by atoms with Crippen LogP contribution in [-0.2, 0) is 16.1 Å². The lowest BCUT2D eigenvalue weighted by Gasteiger charge is -2.19. The van der Waals surface area contributed by atoms with Crippen molar-refractivity contribution in [2.45, 2.75) is 33.0 Å². The molecule has 0 amide bonds. The van der Waals surface area contributed by atoms with E-state index < -0.39 is 5.82 Å². The van der Waals surface area contributed by atoms with Gasteiger partial charge in [-0.2, -0.15) is 5.26 Å². The van der Waals surface area contributed by atoms with E-state index in [0.717, 1.165) is 0 Å². The molecule has 0 aliphatic rings. The van der Waals surface area contributed by atoms with Crippen molar-refractivity contribution in [2.24, 2.45) is 0 Å². The number of benzene rings is 1. The van der Waals surface area contributed by atoms with Crippen molar-refractivity contribution in [3.8, 4) is 6.07 Å². The summed E-state index contributed by atoms with van der Waals surface area (Å²) in [7, 11) is 0. The van der Waals surface area contributed by atoms with E-state index in [1.807, 2.05) is 20.8 Å². The highest BCUT2D eigenvalue weighted by Gasteiger charge is 2.10. The third-order valence-electron chi connectivity index (χ3n) is 2.22. The first-order valence-electron chi connectivity index (χ1n) is 5.83. The van der Waals surface area contributed by atoms with Crippen LogP contribution in [0.15, 0.2) is 18.2 Å². The van der Waals surface area contributed by atoms with Gasteiger partial charge in [-0.25, -0.2) is 4.39 Å². The van der Waals surface area contributed by atoms with Gasteiger partial charge in [0.15, 0.2) is 0 Å². The fourth-order valence-corrected chi connectivity index (χ4v) is 1.37. The van der Waals surface area contributed by atoms with Gasteiger partial charge in [0.25, 0.3) is 0 Å². The average molecular weight is 251 g/mol. The topological polar surface area (TPSA) is 42.2 Å². The summed E-state index contributed by atoms with van der Waals surface area (Å²) in [5, 5.41) is 8.69. The molecule has 0 aliphatic carbocycles. The number of hydrogen-bond donors (Lipinski definition) is 0. The maximum atomic E-state index is 13.6. The predicted octanol–water partition coefficient (Wildman–Crippen LogP) is 3.03. The molecule has 0 saturated heterocycles. The molecule has 0 unspecified atom stereocenters. The second kappa shape index (κ2) is 6.48. The molecule has 0 N–H and O–H groups in total. The monoisotopic (exact) mass is 251 g/mol. The average Bonchev–Trinajstić information content (AvgIpc) is 2.29. The summed E-state index contributed by atoms with van der Waals surface area (Å²) in [6.07, 6.45) is 0. The SMILES string of the molecule is CC(C)(C)OCCOCc1cccc(C#N)c1F. The van der Waals surface area contributed by atoms with Gasteiger partial charge < -0.3 is 9.47 Å². The zero-order chi connectivity index (χ0) is 13.6. The molecule has 1 rings (SSSR count). The lowest BCUT2D eigenvalue weighted by atomic mass is 10.1. The second-order valence-corrected chi connectivity index (χ2v) is 4.90. The maximum Gasteiger partial charge on any atom is 0.146 e. The summed E-state index contributed by atoms with van der Waals surface area (Å²) >= 11 is 0. The van der Waals surface area contributed by atoms with Gasteiger partial charge in [-0.3, -0.25) is 0 Å². The molecule has 1 aromatic carbocycles. The Morgan fingerprint density at radius 3 is 2.61 bits per heavy atom. The van der Waals surface area contributed by atoms with Gasteiger partial charge in [0.05, 0.1) is 31.0 Å². The molecule has 0 fully saturated rings. The molecule has 3 nitrogen and oxygen atoms in total. The summed E-state index contributed by atoms with van der Waals surface area (Å²) in [6.45, 7) is 6.89. The van der Waals surface area contributed by atoms with Crippen LogP contribution in [0.5, 0.6) is 0 Å². The second-order valence-electron chi connectivity index (χ2n) is 4.90. The Labute approximate surface area is 107 Å². The molecular weight excluding hydrogens is 233 g/mol. The number of ether oxygens (including phenoxy) is 2. The van der Waals surface area contributed by atoms with E-state index in [1.54, 1.807) is 18.2 Å². The molecule has 0 aromatic heterocycles. The van der Waals surface area contributed by atoms with E-state index in [2.05, 4.69) is 0 Å². The zero-order valence-corrected chi connectivity index (χ0v) is 11.0. The minimum absolute atomic E-state index is 0.0436. The van der Waals surface area contributed by atoms with Gasteiger partial charge in [0, 0.05) is 5.56 Å². The van der Waals surface area contributed by atoms with Crippen LogP contribution in [0.25, 0.3) is 0 Å². The van der Waals surface area contributed by atoms with Crippen LogP contribution in [0.4, 0.5) is 4.39 Å². The Bertz CT molecular complexity index is 432. The van der Waals surface area contributed by atoms with Crippen molar-refractivity contribution >= 4 is 0 Å². The van der Waals surface area contributed by atoms with Crippen LogP contribution in [0, 0.1) is 17.1 Å². The molecule has 4 heteroatoms. The van der Waals surface area contributed by atoms with E-state index in [-0.39, 0.29) is 17.8 Å². The highest BCUT2D eigenvalue weighted by atomic mass is 19.1. The van der Waals surface area contributed by atoms with Crippen LogP contribution in [0.2, 0.25) is 0 Å². The quantitative estimate of drug-likeness (QED) is 0.755. The molecule has 0 saturated carbocycles. The van der Waals surface area contributed by atoms with Crippen molar-refractivity contribution in [3.05, 3.63) is 35.1 Å². The Balaban J connectivity index is 2.39. The van der Waals surface area contributed by atoms with Crippen molar-refractivity contribution in [3.63, 3.8) is 0 Å². The van der Waals surface area contributed by atoms with Crippen molar-refractivity contribution in [1.29, 1.82) is 5.26 Å². The van der Waals surface area contributed by atoms with Gasteiger partial charge in [-0.1, -0.05) is 12.1 Å². The van der Waals surface area contributed by atoms with Gasteiger partial charge in [-0.05, 0) is 26.8 Å². The van der Waals surface area contributed by atoms with Crippen LogP contribution >= 0.6 is 0 Å². The van der Waals surface area contributed by atoms with E-state index in [9.17, 15) is 4.39 Å². The molecular formula is C14H18FNO2. The van der Waals surface area contributed by atoms with E-state index in [1.165, 1.54) is 6.07 Å². The highest BCUT2D eigenvalue weighted by molar-refractivity contribution is 5.34. The minimum Gasteiger partial charge on any atom is -0.374 e. The third-order valence-corrected chi connectivity index (χ3v) is 2.22. The molecule has 98 valence electrons. The van der Waals surface area contributed by atoms with Crippen LogP contribution < -0.4 is 0 Å². The van der Waals surface area contributed by atoms with Crippen LogP contribution in [0.1, 0.15) is 31.9 Å². The lowest BCUT2D eigenvalue weighted by molar-refractivity contribution is -0.0379. The summed E-state index contributed by atoms with van der Waals surface area (Å²) in [5.74, 6) is -0.503. The predicted molar refractivity (Wildman–Crippen MR) is 66.5 cm³/mol. The Morgan fingerprint density at radius 2 is 2.00 bits per heavy atom. The Hall–Kier alpha value is -1.44. The molecule has 0 spiro atoms. The first-order chi connectivity index (χ1) is 8.44. The fraction of sp³-hybridized carbons (Fsp3) is 0.500. The van der Waals surface area contributed by atoms with Crippen LogP contribution in [-0.4, -0.2) is 18.8 Å². The summed E-state index contributed by atoms with van der Waals surface area (Å²) in [4.78, 5) is 0. The highest BCUT2D eigenvalue weighted by Crippen LogP contribution is 2.13. The number of nitriles is 1. The largest absolute Gasteiger partial charge is 0.374 e. The molecule has 0 atom stereocenters. The zero-order valence-electron chi connectivity index (χ0n) is 11.0. The Morgan fingerprint density at radius 1 is 1.28 bits per heavy atom. The van der Waals surface area contributed by atoms with Crippen LogP contribution in [0.3, 0.4) is 0 Å². The standard InChI is InChI=1S/C14H18FNO2/c1-14(2,3)18-8-7-17-10-12-6-4-5-11(9-16)13(12)15/h4-6H,7-8,10H2,1-3H3. The normalized spacial score (nSPS) is 11.3. The smallest absolute Gasteiger partial charge is 0.146 e. The number of nitrogens with zero attached hydrogens (tertiary/aromatic N) is 1. The van der Waals surface area contributed by atoms with Crippen molar-refractivity contribution < 1.29 is 13.9 Å². The van der Waals surface area contributed by atoms with Gasteiger partial charge in [-0.15, -0.1) is 0 Å². The number of hydrogen-bond acceptors (Lipinski definition) is 3. The number of halogens is 1. The van der Waals surface area contributed by atoms with Gasteiger partial charge in [0.1, 0.15) is 11.9 Å². The molecule has 0 heterocycles. The molecule has 1 aromatic rings. The van der Waals surface area contributed by atoms with E-state index in [0.29, 0.717) is 18.8 Å². The van der Waals surface area contributed by atoms with Crippen molar-refractivity contribution in [2.75, 3.05) is 13.2 Å².